The van der Waals surface area contributed by atoms with Crippen LogP contribution in [0.15, 0.2) is 54.6 Å². The van der Waals surface area contributed by atoms with Gasteiger partial charge in [0.2, 0.25) is 0 Å². The van der Waals surface area contributed by atoms with Crippen LogP contribution >= 0.6 is 0 Å². The molecule has 3 nitrogen and oxygen atoms in total. The third-order valence-electron chi connectivity index (χ3n) is 3.56. The van der Waals surface area contributed by atoms with Gasteiger partial charge in [0, 0.05) is 18.3 Å². The van der Waals surface area contributed by atoms with E-state index in [1.54, 1.807) is 13.2 Å². The molecule has 0 saturated carbocycles. The standard InChI is InChI=1S/C20H23NO2/c1-4-14-21(18-7-5-6-16(2)15-18)20(22)13-10-17-8-11-19(23-3)12-9-17/h5-13,15H,4,14H2,1-3H3/b13-10+. The third kappa shape index (κ3) is 4.71. The molecule has 0 atom stereocenters. The van der Waals surface area contributed by atoms with Crippen LogP contribution in [0, 0.1) is 6.92 Å². The Morgan fingerprint density at radius 3 is 2.52 bits per heavy atom. The van der Waals surface area contributed by atoms with Crippen LogP contribution < -0.4 is 9.64 Å². The minimum atomic E-state index is -0.00623. The summed E-state index contributed by atoms with van der Waals surface area (Å²) >= 11 is 0. The van der Waals surface area contributed by atoms with E-state index in [0.29, 0.717) is 6.54 Å². The van der Waals surface area contributed by atoms with Gasteiger partial charge in [-0.2, -0.15) is 0 Å². The maximum Gasteiger partial charge on any atom is 0.250 e. The van der Waals surface area contributed by atoms with Gasteiger partial charge in [0.05, 0.1) is 7.11 Å². The summed E-state index contributed by atoms with van der Waals surface area (Å²) in [6.07, 6.45) is 4.37. The molecular formula is C20H23NO2. The van der Waals surface area contributed by atoms with Crippen LogP contribution in [0.5, 0.6) is 5.75 Å². The van der Waals surface area contributed by atoms with E-state index >= 15 is 0 Å². The number of amides is 1. The fourth-order valence-corrected chi connectivity index (χ4v) is 2.36. The van der Waals surface area contributed by atoms with Gasteiger partial charge in [-0.15, -0.1) is 0 Å². The summed E-state index contributed by atoms with van der Waals surface area (Å²) in [6, 6.07) is 15.7. The molecule has 23 heavy (non-hydrogen) atoms. The van der Waals surface area contributed by atoms with Gasteiger partial charge in [-0.05, 0) is 54.8 Å². The number of nitrogens with zero attached hydrogens (tertiary/aromatic N) is 1. The average molecular weight is 309 g/mol. The fourth-order valence-electron chi connectivity index (χ4n) is 2.36. The number of anilines is 1. The molecule has 0 N–H and O–H groups in total. The molecule has 0 fully saturated rings. The topological polar surface area (TPSA) is 29.5 Å². The first kappa shape index (κ1) is 16.8. The lowest BCUT2D eigenvalue weighted by atomic mass is 10.1. The smallest absolute Gasteiger partial charge is 0.250 e. The van der Waals surface area contributed by atoms with Crippen molar-refractivity contribution < 1.29 is 9.53 Å². The summed E-state index contributed by atoms with van der Waals surface area (Å²) in [7, 11) is 1.64. The second-order valence-corrected chi connectivity index (χ2v) is 5.44. The van der Waals surface area contributed by atoms with E-state index in [9.17, 15) is 4.79 Å². The quantitative estimate of drug-likeness (QED) is 0.737. The first-order chi connectivity index (χ1) is 11.1. The van der Waals surface area contributed by atoms with Crippen molar-refractivity contribution in [1.29, 1.82) is 0 Å². The van der Waals surface area contributed by atoms with Crippen molar-refractivity contribution >= 4 is 17.7 Å². The molecular weight excluding hydrogens is 286 g/mol. The van der Waals surface area contributed by atoms with Crippen LogP contribution in [0.1, 0.15) is 24.5 Å². The van der Waals surface area contributed by atoms with Gasteiger partial charge in [-0.3, -0.25) is 4.79 Å². The van der Waals surface area contributed by atoms with Crippen molar-refractivity contribution in [1.82, 2.24) is 0 Å². The Balaban J connectivity index is 2.15. The fraction of sp³-hybridized carbons (Fsp3) is 0.250. The molecule has 0 aromatic heterocycles. The Morgan fingerprint density at radius 2 is 1.91 bits per heavy atom. The first-order valence-electron chi connectivity index (χ1n) is 7.84. The molecule has 0 aliphatic rings. The van der Waals surface area contributed by atoms with Crippen LogP contribution in [-0.4, -0.2) is 19.6 Å². The molecule has 0 bridgehead atoms. The van der Waals surface area contributed by atoms with E-state index in [1.165, 1.54) is 0 Å². The molecule has 0 radical (unpaired) electrons. The monoisotopic (exact) mass is 309 g/mol. The Morgan fingerprint density at radius 1 is 1.17 bits per heavy atom. The van der Waals surface area contributed by atoms with Crippen molar-refractivity contribution in [2.24, 2.45) is 0 Å². The van der Waals surface area contributed by atoms with E-state index in [4.69, 9.17) is 4.74 Å². The van der Waals surface area contributed by atoms with E-state index in [2.05, 4.69) is 6.92 Å². The molecule has 2 rings (SSSR count). The van der Waals surface area contributed by atoms with Crippen LogP contribution in [0.2, 0.25) is 0 Å². The molecule has 0 heterocycles. The summed E-state index contributed by atoms with van der Waals surface area (Å²) in [5, 5.41) is 0. The first-order valence-corrected chi connectivity index (χ1v) is 7.84. The summed E-state index contributed by atoms with van der Waals surface area (Å²) in [5.41, 5.74) is 3.06. The summed E-state index contributed by atoms with van der Waals surface area (Å²) in [5.74, 6) is 0.800. The average Bonchev–Trinajstić information content (AvgIpc) is 2.58. The number of rotatable bonds is 6. The number of benzene rings is 2. The minimum Gasteiger partial charge on any atom is -0.497 e. The zero-order valence-corrected chi connectivity index (χ0v) is 14.0. The van der Waals surface area contributed by atoms with Gasteiger partial charge in [0.25, 0.3) is 5.91 Å². The van der Waals surface area contributed by atoms with E-state index in [-0.39, 0.29) is 5.91 Å². The normalized spacial score (nSPS) is 10.7. The molecule has 120 valence electrons. The van der Waals surface area contributed by atoms with Gasteiger partial charge in [0.15, 0.2) is 0 Å². The number of hydrogen-bond acceptors (Lipinski definition) is 2. The van der Waals surface area contributed by atoms with E-state index in [1.807, 2.05) is 66.4 Å². The third-order valence-corrected chi connectivity index (χ3v) is 3.56. The number of carbonyl (C=O) groups excluding carboxylic acids is 1. The highest BCUT2D eigenvalue weighted by Crippen LogP contribution is 2.18. The van der Waals surface area contributed by atoms with Crippen molar-refractivity contribution in [3.8, 4) is 5.75 Å². The number of ether oxygens (including phenoxy) is 1. The highest BCUT2D eigenvalue weighted by atomic mass is 16.5. The summed E-state index contributed by atoms with van der Waals surface area (Å²) < 4.78 is 5.13. The molecule has 2 aromatic carbocycles. The Kier molecular flexibility index (Phi) is 5.98. The van der Waals surface area contributed by atoms with Crippen LogP contribution in [0.4, 0.5) is 5.69 Å². The summed E-state index contributed by atoms with van der Waals surface area (Å²) in [4.78, 5) is 14.4. The van der Waals surface area contributed by atoms with Gasteiger partial charge in [-0.25, -0.2) is 0 Å². The Labute approximate surface area is 138 Å². The predicted octanol–water partition coefficient (Wildman–Crippen LogP) is 4.46. The predicted molar refractivity (Wildman–Crippen MR) is 95.9 cm³/mol. The second-order valence-electron chi connectivity index (χ2n) is 5.44. The Bertz CT molecular complexity index is 674. The van der Waals surface area contributed by atoms with Crippen molar-refractivity contribution in [2.45, 2.75) is 20.3 Å². The van der Waals surface area contributed by atoms with Gasteiger partial charge in [-0.1, -0.05) is 31.2 Å². The Hall–Kier alpha value is -2.55. The highest BCUT2D eigenvalue weighted by Gasteiger charge is 2.12. The van der Waals surface area contributed by atoms with Gasteiger partial charge >= 0.3 is 0 Å². The number of hydrogen-bond donors (Lipinski definition) is 0. The SMILES string of the molecule is CCCN(C(=O)/C=C/c1ccc(OC)cc1)c1cccc(C)c1. The van der Waals surface area contributed by atoms with Crippen molar-refractivity contribution in [2.75, 3.05) is 18.6 Å². The molecule has 0 aliphatic carbocycles. The minimum absolute atomic E-state index is 0.00623. The largest absolute Gasteiger partial charge is 0.497 e. The van der Waals surface area contributed by atoms with Crippen LogP contribution in [0.3, 0.4) is 0 Å². The summed E-state index contributed by atoms with van der Waals surface area (Å²) in [6.45, 7) is 4.81. The highest BCUT2D eigenvalue weighted by molar-refractivity contribution is 6.03. The lowest BCUT2D eigenvalue weighted by Crippen LogP contribution is -2.30. The van der Waals surface area contributed by atoms with Crippen LogP contribution in [0.25, 0.3) is 6.08 Å². The second kappa shape index (κ2) is 8.18. The zero-order valence-electron chi connectivity index (χ0n) is 14.0. The lowest BCUT2D eigenvalue weighted by Gasteiger charge is -2.21. The molecule has 0 aliphatic heterocycles. The van der Waals surface area contributed by atoms with Gasteiger partial charge in [0.1, 0.15) is 5.75 Å². The number of aryl methyl sites for hydroxylation is 1. The molecule has 0 unspecified atom stereocenters. The zero-order chi connectivity index (χ0) is 16.7. The molecule has 0 saturated heterocycles. The maximum absolute atomic E-state index is 12.6. The number of methoxy groups -OCH3 is 1. The molecule has 1 amide bonds. The maximum atomic E-state index is 12.6. The molecule has 2 aromatic rings. The number of carbonyl (C=O) groups is 1. The van der Waals surface area contributed by atoms with Crippen molar-refractivity contribution in [3.05, 3.63) is 65.7 Å². The molecule has 3 heteroatoms. The van der Waals surface area contributed by atoms with E-state index < -0.39 is 0 Å². The van der Waals surface area contributed by atoms with Crippen molar-refractivity contribution in [3.63, 3.8) is 0 Å². The van der Waals surface area contributed by atoms with E-state index in [0.717, 1.165) is 29.0 Å². The van der Waals surface area contributed by atoms with Crippen LogP contribution in [-0.2, 0) is 4.79 Å². The van der Waals surface area contributed by atoms with Gasteiger partial charge < -0.3 is 9.64 Å². The molecule has 0 spiro atoms. The lowest BCUT2D eigenvalue weighted by molar-refractivity contribution is -0.114.